The first-order chi connectivity index (χ1) is 8.63. The number of rotatable bonds is 7. The zero-order chi connectivity index (χ0) is 13.1. The summed E-state index contributed by atoms with van der Waals surface area (Å²) in [5, 5.41) is 16.8. The van der Waals surface area contributed by atoms with Crippen molar-refractivity contribution in [3.8, 4) is 0 Å². The van der Waals surface area contributed by atoms with Crippen molar-refractivity contribution < 1.29 is 9.90 Å². The summed E-state index contributed by atoms with van der Waals surface area (Å²) >= 11 is 0. The lowest BCUT2D eigenvalue weighted by molar-refractivity contribution is 0.0994. The molecule has 1 amide bonds. The Morgan fingerprint density at radius 1 is 1.61 bits per heavy atom. The summed E-state index contributed by atoms with van der Waals surface area (Å²) in [4.78, 5) is 11.3. The van der Waals surface area contributed by atoms with Gasteiger partial charge in [0.15, 0.2) is 5.69 Å². The maximum Gasteiger partial charge on any atom is 0.271 e. The number of aliphatic hydroxyl groups is 1. The molecule has 0 saturated heterocycles. The molecular formula is C12H20N4O2. The van der Waals surface area contributed by atoms with Crippen LogP contribution in [0.3, 0.4) is 0 Å². The van der Waals surface area contributed by atoms with E-state index in [1.54, 1.807) is 4.68 Å². The van der Waals surface area contributed by atoms with Crippen LogP contribution in [0, 0.1) is 5.92 Å². The first-order valence-corrected chi connectivity index (χ1v) is 6.48. The SMILES string of the molecule is CC(CCCO)n1nnc(C(N)=O)c1CC1CC1. The number of aliphatic hydroxyl groups excluding tert-OH is 1. The van der Waals surface area contributed by atoms with Crippen molar-refractivity contribution in [2.24, 2.45) is 11.7 Å². The molecular weight excluding hydrogens is 232 g/mol. The number of primary amides is 1. The molecule has 1 fully saturated rings. The van der Waals surface area contributed by atoms with Crippen molar-refractivity contribution in [1.82, 2.24) is 15.0 Å². The third-order valence-electron chi connectivity index (χ3n) is 3.40. The fraction of sp³-hybridized carbons (Fsp3) is 0.750. The fourth-order valence-electron chi connectivity index (χ4n) is 2.15. The molecule has 1 aliphatic carbocycles. The summed E-state index contributed by atoms with van der Waals surface area (Å²) in [6.45, 7) is 2.19. The van der Waals surface area contributed by atoms with Gasteiger partial charge < -0.3 is 10.8 Å². The van der Waals surface area contributed by atoms with E-state index in [1.165, 1.54) is 12.8 Å². The van der Waals surface area contributed by atoms with E-state index in [9.17, 15) is 4.79 Å². The summed E-state index contributed by atoms with van der Waals surface area (Å²) in [5.41, 5.74) is 6.49. The smallest absolute Gasteiger partial charge is 0.271 e. The molecule has 6 heteroatoms. The highest BCUT2D eigenvalue weighted by atomic mass is 16.2. The highest BCUT2D eigenvalue weighted by molar-refractivity contribution is 5.91. The van der Waals surface area contributed by atoms with Crippen LogP contribution in [0.1, 0.15) is 54.8 Å². The molecule has 18 heavy (non-hydrogen) atoms. The van der Waals surface area contributed by atoms with Crippen LogP contribution in [0.4, 0.5) is 0 Å². The summed E-state index contributed by atoms with van der Waals surface area (Å²) in [6.07, 6.45) is 4.77. The van der Waals surface area contributed by atoms with Crippen molar-refractivity contribution in [2.45, 2.75) is 45.1 Å². The van der Waals surface area contributed by atoms with Gasteiger partial charge in [0.25, 0.3) is 5.91 Å². The van der Waals surface area contributed by atoms with Crippen LogP contribution in [0.25, 0.3) is 0 Å². The van der Waals surface area contributed by atoms with Crippen LogP contribution in [0.5, 0.6) is 0 Å². The maximum atomic E-state index is 11.3. The molecule has 0 aromatic carbocycles. The van der Waals surface area contributed by atoms with Gasteiger partial charge in [-0.1, -0.05) is 5.21 Å². The van der Waals surface area contributed by atoms with Crippen LogP contribution >= 0.6 is 0 Å². The lowest BCUT2D eigenvalue weighted by Crippen LogP contribution is -2.17. The number of amides is 1. The van der Waals surface area contributed by atoms with E-state index in [4.69, 9.17) is 10.8 Å². The van der Waals surface area contributed by atoms with Gasteiger partial charge in [0.1, 0.15) is 0 Å². The molecule has 1 aliphatic rings. The van der Waals surface area contributed by atoms with E-state index < -0.39 is 5.91 Å². The van der Waals surface area contributed by atoms with Crippen molar-refractivity contribution in [2.75, 3.05) is 6.61 Å². The highest BCUT2D eigenvalue weighted by Gasteiger charge is 2.28. The molecule has 0 radical (unpaired) electrons. The average Bonchev–Trinajstić information content (AvgIpc) is 3.03. The Kier molecular flexibility index (Phi) is 3.96. The molecule has 1 atom stereocenters. The number of hydrogen-bond donors (Lipinski definition) is 2. The van der Waals surface area contributed by atoms with E-state index >= 15 is 0 Å². The normalized spacial score (nSPS) is 16.8. The summed E-state index contributed by atoms with van der Waals surface area (Å²) in [6, 6.07) is 0.131. The van der Waals surface area contributed by atoms with E-state index in [0.29, 0.717) is 11.6 Å². The van der Waals surface area contributed by atoms with E-state index in [-0.39, 0.29) is 12.6 Å². The molecule has 1 saturated carbocycles. The Bertz CT molecular complexity index is 426. The van der Waals surface area contributed by atoms with Crippen LogP contribution in [0.2, 0.25) is 0 Å². The highest BCUT2D eigenvalue weighted by Crippen LogP contribution is 2.33. The molecule has 1 aromatic heterocycles. The quantitative estimate of drug-likeness (QED) is 0.745. The van der Waals surface area contributed by atoms with Gasteiger partial charge in [-0.2, -0.15) is 0 Å². The lowest BCUT2D eigenvalue weighted by atomic mass is 10.1. The maximum absolute atomic E-state index is 11.3. The molecule has 0 aliphatic heterocycles. The topological polar surface area (TPSA) is 94.0 Å². The second kappa shape index (κ2) is 5.48. The molecule has 100 valence electrons. The first-order valence-electron chi connectivity index (χ1n) is 6.48. The van der Waals surface area contributed by atoms with Crippen molar-refractivity contribution >= 4 is 5.91 Å². The molecule has 0 bridgehead atoms. The van der Waals surface area contributed by atoms with Crippen molar-refractivity contribution in [1.29, 1.82) is 0 Å². The predicted molar refractivity (Wildman–Crippen MR) is 66.0 cm³/mol. The van der Waals surface area contributed by atoms with Gasteiger partial charge in [0, 0.05) is 6.61 Å². The first kappa shape index (κ1) is 13.0. The van der Waals surface area contributed by atoms with Crippen LogP contribution in [-0.4, -0.2) is 32.6 Å². The van der Waals surface area contributed by atoms with Gasteiger partial charge >= 0.3 is 0 Å². The second-order valence-electron chi connectivity index (χ2n) is 5.06. The minimum Gasteiger partial charge on any atom is -0.396 e. The van der Waals surface area contributed by atoms with E-state index in [2.05, 4.69) is 10.3 Å². The van der Waals surface area contributed by atoms with Gasteiger partial charge in [-0.3, -0.25) is 4.79 Å². The molecule has 0 spiro atoms. The van der Waals surface area contributed by atoms with Gasteiger partial charge in [-0.25, -0.2) is 4.68 Å². The monoisotopic (exact) mass is 252 g/mol. The molecule has 6 nitrogen and oxygen atoms in total. The van der Waals surface area contributed by atoms with E-state index in [0.717, 1.165) is 25.0 Å². The van der Waals surface area contributed by atoms with E-state index in [1.807, 2.05) is 6.92 Å². The summed E-state index contributed by atoms with van der Waals surface area (Å²) in [7, 11) is 0. The molecule has 1 heterocycles. The van der Waals surface area contributed by atoms with Crippen molar-refractivity contribution in [3.63, 3.8) is 0 Å². The zero-order valence-corrected chi connectivity index (χ0v) is 10.7. The van der Waals surface area contributed by atoms with Gasteiger partial charge in [0.05, 0.1) is 11.7 Å². The number of nitrogens with two attached hydrogens (primary N) is 1. The summed E-state index contributed by atoms with van der Waals surface area (Å²) < 4.78 is 1.80. The van der Waals surface area contributed by atoms with Crippen LogP contribution in [0.15, 0.2) is 0 Å². The molecule has 1 aromatic rings. The third-order valence-corrected chi connectivity index (χ3v) is 3.40. The number of carbonyl (C=O) groups is 1. The Morgan fingerprint density at radius 2 is 2.33 bits per heavy atom. The Hall–Kier alpha value is -1.43. The predicted octanol–water partition coefficient (Wildman–Crippen LogP) is 0.663. The van der Waals surface area contributed by atoms with Crippen LogP contribution in [-0.2, 0) is 6.42 Å². The number of aromatic nitrogens is 3. The molecule has 1 unspecified atom stereocenters. The summed E-state index contributed by atoms with van der Waals surface area (Å²) in [5.74, 6) is 0.136. The number of carbonyl (C=O) groups excluding carboxylic acids is 1. The van der Waals surface area contributed by atoms with Gasteiger partial charge in [-0.05, 0) is 44.9 Å². The second-order valence-corrected chi connectivity index (χ2v) is 5.06. The Morgan fingerprint density at radius 3 is 2.89 bits per heavy atom. The largest absolute Gasteiger partial charge is 0.396 e. The lowest BCUT2D eigenvalue weighted by Gasteiger charge is -2.14. The minimum absolute atomic E-state index is 0.131. The van der Waals surface area contributed by atoms with Gasteiger partial charge in [0.2, 0.25) is 0 Å². The average molecular weight is 252 g/mol. The third kappa shape index (κ3) is 2.87. The van der Waals surface area contributed by atoms with Gasteiger partial charge in [-0.15, -0.1) is 5.10 Å². The fourth-order valence-corrected chi connectivity index (χ4v) is 2.15. The zero-order valence-electron chi connectivity index (χ0n) is 10.7. The minimum atomic E-state index is -0.508. The standard InChI is InChI=1S/C12H20N4O2/c1-8(3-2-6-17)16-10(7-9-4-5-9)11(12(13)18)14-15-16/h8-9,17H,2-7H2,1H3,(H2,13,18). The Labute approximate surface area is 106 Å². The number of hydrogen-bond acceptors (Lipinski definition) is 4. The van der Waals surface area contributed by atoms with Crippen LogP contribution < -0.4 is 5.73 Å². The van der Waals surface area contributed by atoms with Crippen molar-refractivity contribution in [3.05, 3.63) is 11.4 Å². The Balaban J connectivity index is 2.19. The number of nitrogens with zero attached hydrogens (tertiary/aromatic N) is 3. The molecule has 3 N–H and O–H groups in total. The molecule has 2 rings (SSSR count).